The molecule has 0 atom stereocenters. The summed E-state index contributed by atoms with van der Waals surface area (Å²) in [6.07, 6.45) is 3.21. The standard InChI is InChI=1S/2C8H11IN2O2/c2*1-12-2-3-13-6-4-7(9)8(10)11-5-6/h2*4-5H,2-3H2,1H3,(H2,10,11). The molecule has 2 heterocycles. The van der Waals surface area contributed by atoms with Crippen LogP contribution >= 0.6 is 45.2 Å². The Balaban J connectivity index is 0.000000260. The van der Waals surface area contributed by atoms with E-state index in [-0.39, 0.29) is 0 Å². The van der Waals surface area contributed by atoms with Crippen molar-refractivity contribution in [2.24, 2.45) is 0 Å². The van der Waals surface area contributed by atoms with Crippen LogP contribution < -0.4 is 20.9 Å². The van der Waals surface area contributed by atoms with Gasteiger partial charge in [-0.05, 0) is 57.3 Å². The molecule has 0 aliphatic heterocycles. The Morgan fingerprint density at radius 3 is 1.46 bits per heavy atom. The molecule has 144 valence electrons. The van der Waals surface area contributed by atoms with Crippen LogP contribution in [0.3, 0.4) is 0 Å². The lowest BCUT2D eigenvalue weighted by molar-refractivity contribution is 0.146. The van der Waals surface area contributed by atoms with Crippen molar-refractivity contribution in [2.75, 3.05) is 52.1 Å². The van der Waals surface area contributed by atoms with Crippen LogP contribution in [0, 0.1) is 7.14 Å². The lowest BCUT2D eigenvalue weighted by Crippen LogP contribution is -2.05. The van der Waals surface area contributed by atoms with Crippen molar-refractivity contribution >= 4 is 56.8 Å². The van der Waals surface area contributed by atoms with Gasteiger partial charge >= 0.3 is 0 Å². The highest BCUT2D eigenvalue weighted by molar-refractivity contribution is 14.1. The fourth-order valence-corrected chi connectivity index (χ4v) is 2.40. The van der Waals surface area contributed by atoms with Crippen LogP contribution in [0.5, 0.6) is 11.5 Å². The van der Waals surface area contributed by atoms with Crippen molar-refractivity contribution in [1.82, 2.24) is 9.97 Å². The third kappa shape index (κ3) is 9.00. The highest BCUT2D eigenvalue weighted by atomic mass is 127. The molecule has 0 spiro atoms. The number of nitrogens with zero attached hydrogens (tertiary/aromatic N) is 2. The summed E-state index contributed by atoms with van der Waals surface area (Å²) < 4.78 is 22.2. The molecule has 8 nitrogen and oxygen atoms in total. The SMILES string of the molecule is COCCOc1cnc(N)c(I)c1.COCCOc1cnc(N)c(I)c1. The molecule has 0 radical (unpaired) electrons. The molecule has 0 aliphatic carbocycles. The van der Waals surface area contributed by atoms with E-state index in [4.69, 9.17) is 30.4 Å². The number of halogens is 2. The topological polar surface area (TPSA) is 115 Å². The van der Waals surface area contributed by atoms with Gasteiger partial charge in [0.1, 0.15) is 36.3 Å². The Morgan fingerprint density at radius 1 is 0.769 bits per heavy atom. The van der Waals surface area contributed by atoms with Crippen LogP contribution in [0.4, 0.5) is 11.6 Å². The summed E-state index contributed by atoms with van der Waals surface area (Å²) in [5, 5.41) is 0. The van der Waals surface area contributed by atoms with Gasteiger partial charge in [0, 0.05) is 14.2 Å². The summed E-state index contributed by atoms with van der Waals surface area (Å²) in [6.45, 7) is 2.19. The first-order valence-corrected chi connectivity index (χ1v) is 9.69. The minimum atomic E-state index is 0.526. The molecule has 0 aromatic carbocycles. The quantitative estimate of drug-likeness (QED) is 0.358. The molecule has 4 N–H and O–H groups in total. The van der Waals surface area contributed by atoms with Crippen LogP contribution in [-0.2, 0) is 9.47 Å². The molecular weight excluding hydrogens is 566 g/mol. The number of hydrogen-bond acceptors (Lipinski definition) is 8. The van der Waals surface area contributed by atoms with Crippen molar-refractivity contribution in [3.63, 3.8) is 0 Å². The third-order valence-electron chi connectivity index (χ3n) is 2.80. The number of rotatable bonds is 8. The molecule has 2 aromatic heterocycles. The number of anilines is 2. The number of aromatic nitrogens is 2. The van der Waals surface area contributed by atoms with E-state index < -0.39 is 0 Å². The first-order chi connectivity index (χ1) is 12.5. The zero-order valence-corrected chi connectivity index (χ0v) is 18.9. The van der Waals surface area contributed by atoms with Crippen molar-refractivity contribution in [2.45, 2.75) is 0 Å². The lowest BCUT2D eigenvalue weighted by Gasteiger charge is -2.05. The maximum absolute atomic E-state index is 5.54. The maximum atomic E-state index is 5.54. The molecule has 0 saturated carbocycles. The fraction of sp³-hybridized carbons (Fsp3) is 0.375. The Labute approximate surface area is 180 Å². The summed E-state index contributed by atoms with van der Waals surface area (Å²) in [4.78, 5) is 7.92. The van der Waals surface area contributed by atoms with Crippen molar-refractivity contribution in [3.05, 3.63) is 31.7 Å². The summed E-state index contributed by atoms with van der Waals surface area (Å²) in [5.41, 5.74) is 11.1. The molecule has 26 heavy (non-hydrogen) atoms. The molecule has 0 unspecified atom stereocenters. The number of nitrogen functional groups attached to an aromatic ring is 2. The molecule has 0 saturated heterocycles. The van der Waals surface area contributed by atoms with E-state index in [1.165, 1.54) is 0 Å². The highest BCUT2D eigenvalue weighted by Gasteiger charge is 2.00. The van der Waals surface area contributed by atoms with Gasteiger partial charge in [-0.25, -0.2) is 9.97 Å². The van der Waals surface area contributed by atoms with Gasteiger partial charge in [0.25, 0.3) is 0 Å². The van der Waals surface area contributed by atoms with Gasteiger partial charge in [-0.2, -0.15) is 0 Å². The average molecular weight is 588 g/mol. The fourth-order valence-electron chi connectivity index (χ4n) is 1.51. The summed E-state index contributed by atoms with van der Waals surface area (Å²) in [7, 11) is 3.27. The van der Waals surface area contributed by atoms with E-state index in [1.54, 1.807) is 26.6 Å². The summed E-state index contributed by atoms with van der Waals surface area (Å²) >= 11 is 4.22. The third-order valence-corrected chi connectivity index (χ3v) is 4.53. The normalized spacial score (nSPS) is 10.0. The molecule has 2 aromatic rings. The second-order valence-corrected chi connectivity index (χ2v) is 7.08. The second-order valence-electron chi connectivity index (χ2n) is 4.76. The summed E-state index contributed by atoms with van der Waals surface area (Å²) in [5.74, 6) is 2.49. The van der Waals surface area contributed by atoms with Crippen molar-refractivity contribution in [1.29, 1.82) is 0 Å². The number of pyridine rings is 2. The van der Waals surface area contributed by atoms with Gasteiger partial charge in [-0.15, -0.1) is 0 Å². The molecule has 0 amide bonds. The minimum Gasteiger partial charge on any atom is -0.490 e. The van der Waals surface area contributed by atoms with Gasteiger partial charge < -0.3 is 30.4 Å². The number of ether oxygens (including phenoxy) is 4. The Bertz CT molecular complexity index is 619. The Kier molecular flexibility index (Phi) is 11.6. The molecular formula is C16H22I2N4O4. The monoisotopic (exact) mass is 588 g/mol. The number of hydrogen-bond donors (Lipinski definition) is 2. The van der Waals surface area contributed by atoms with E-state index in [0.717, 1.165) is 18.6 Å². The van der Waals surface area contributed by atoms with E-state index >= 15 is 0 Å². The first kappa shape index (κ1) is 22.9. The van der Waals surface area contributed by atoms with Crippen LogP contribution in [0.15, 0.2) is 24.5 Å². The van der Waals surface area contributed by atoms with E-state index in [1.807, 2.05) is 12.1 Å². The van der Waals surface area contributed by atoms with Crippen LogP contribution in [-0.4, -0.2) is 50.6 Å². The molecule has 0 aliphatic rings. The largest absolute Gasteiger partial charge is 0.490 e. The van der Waals surface area contributed by atoms with Crippen LogP contribution in [0.2, 0.25) is 0 Å². The first-order valence-electron chi connectivity index (χ1n) is 7.53. The van der Waals surface area contributed by atoms with E-state index in [9.17, 15) is 0 Å². The molecule has 0 bridgehead atoms. The average Bonchev–Trinajstić information content (AvgIpc) is 2.62. The van der Waals surface area contributed by atoms with E-state index in [2.05, 4.69) is 55.1 Å². The molecule has 10 heteroatoms. The molecule has 2 rings (SSSR count). The highest BCUT2D eigenvalue weighted by Crippen LogP contribution is 2.18. The summed E-state index contributed by atoms with van der Waals surface area (Å²) in [6, 6.07) is 3.69. The van der Waals surface area contributed by atoms with Crippen molar-refractivity contribution in [3.8, 4) is 11.5 Å². The van der Waals surface area contributed by atoms with Gasteiger partial charge in [0.05, 0.1) is 32.7 Å². The van der Waals surface area contributed by atoms with Crippen molar-refractivity contribution < 1.29 is 18.9 Å². The Morgan fingerprint density at radius 2 is 1.15 bits per heavy atom. The molecule has 0 fully saturated rings. The van der Waals surface area contributed by atoms with Crippen LogP contribution in [0.1, 0.15) is 0 Å². The second kappa shape index (κ2) is 13.1. The lowest BCUT2D eigenvalue weighted by atomic mass is 10.4. The number of nitrogens with two attached hydrogens (primary N) is 2. The van der Waals surface area contributed by atoms with Crippen LogP contribution in [0.25, 0.3) is 0 Å². The van der Waals surface area contributed by atoms with E-state index in [0.29, 0.717) is 38.1 Å². The predicted molar refractivity (Wildman–Crippen MR) is 117 cm³/mol. The maximum Gasteiger partial charge on any atom is 0.138 e. The van der Waals surface area contributed by atoms with Gasteiger partial charge in [-0.3, -0.25) is 0 Å². The van der Waals surface area contributed by atoms with Gasteiger partial charge in [0.2, 0.25) is 0 Å². The smallest absolute Gasteiger partial charge is 0.138 e. The number of methoxy groups -OCH3 is 2. The zero-order valence-electron chi connectivity index (χ0n) is 14.6. The zero-order chi connectivity index (χ0) is 19.4. The predicted octanol–water partition coefficient (Wildman–Crippen LogP) is 2.59. The Hall–Kier alpha value is -1.12. The van der Waals surface area contributed by atoms with Gasteiger partial charge in [-0.1, -0.05) is 0 Å². The van der Waals surface area contributed by atoms with Gasteiger partial charge in [0.15, 0.2) is 0 Å². The minimum absolute atomic E-state index is 0.526.